The van der Waals surface area contributed by atoms with E-state index in [0.717, 1.165) is 16.5 Å². The maximum Gasteiger partial charge on any atom is 0.261 e. The molecule has 0 aliphatic rings. The molecule has 2 aromatic rings. The molecule has 24 heavy (non-hydrogen) atoms. The Morgan fingerprint density at radius 2 is 1.50 bits per heavy atom. The van der Waals surface area contributed by atoms with E-state index in [1.54, 1.807) is 12.1 Å². The van der Waals surface area contributed by atoms with E-state index in [1.165, 1.54) is 0 Å². The Hall–Kier alpha value is -0.783. The van der Waals surface area contributed by atoms with Crippen molar-refractivity contribution in [3.05, 3.63) is 30.0 Å². The van der Waals surface area contributed by atoms with Crippen molar-refractivity contribution in [2.24, 2.45) is 0 Å². The van der Waals surface area contributed by atoms with Crippen LogP contribution in [0.15, 0.2) is 29.3 Å². The lowest BCUT2D eigenvalue weighted by Crippen LogP contribution is -2.51. The third kappa shape index (κ3) is 2.95. The van der Waals surface area contributed by atoms with Gasteiger partial charge in [0.2, 0.25) is 0 Å². The van der Waals surface area contributed by atoms with E-state index in [-0.39, 0.29) is 4.90 Å². The summed E-state index contributed by atoms with van der Waals surface area (Å²) in [5.74, 6) is 0. The number of halogens is 1. The average molecular weight is 386 g/mol. The van der Waals surface area contributed by atoms with Crippen LogP contribution >= 0.6 is 10.7 Å². The van der Waals surface area contributed by atoms with Crippen molar-refractivity contribution >= 4 is 38.9 Å². The number of rotatable bonds is 5. The van der Waals surface area contributed by atoms with Crippen molar-refractivity contribution in [3.8, 4) is 0 Å². The van der Waals surface area contributed by atoms with Crippen LogP contribution in [0, 0.1) is 6.92 Å². The molecular weight excluding hydrogens is 358 g/mol. The molecule has 0 bridgehead atoms. The Labute approximate surface area is 151 Å². The molecular formula is C18H28ClNO2SSi. The van der Waals surface area contributed by atoms with Crippen LogP contribution in [0.25, 0.3) is 10.9 Å². The van der Waals surface area contributed by atoms with Crippen LogP contribution in [0.1, 0.15) is 47.1 Å². The van der Waals surface area contributed by atoms with Gasteiger partial charge in [-0.25, -0.2) is 8.42 Å². The molecule has 0 saturated heterocycles. The molecule has 0 spiro atoms. The van der Waals surface area contributed by atoms with E-state index in [0.29, 0.717) is 16.6 Å². The molecule has 0 N–H and O–H groups in total. The van der Waals surface area contributed by atoms with Gasteiger partial charge >= 0.3 is 0 Å². The van der Waals surface area contributed by atoms with Gasteiger partial charge in [-0.2, -0.15) is 0 Å². The normalized spacial score (nSPS) is 13.6. The Morgan fingerprint density at radius 3 is 1.92 bits per heavy atom. The molecule has 1 aromatic carbocycles. The summed E-state index contributed by atoms with van der Waals surface area (Å²) in [6, 6.07) is 5.26. The second kappa shape index (κ2) is 6.50. The molecule has 0 saturated carbocycles. The van der Waals surface area contributed by atoms with Crippen LogP contribution in [-0.4, -0.2) is 20.9 Å². The van der Waals surface area contributed by atoms with Crippen molar-refractivity contribution in [2.45, 2.75) is 70.0 Å². The van der Waals surface area contributed by atoms with Gasteiger partial charge in [-0.3, -0.25) is 0 Å². The van der Waals surface area contributed by atoms with Gasteiger partial charge in [0.25, 0.3) is 9.05 Å². The maximum atomic E-state index is 11.7. The topological polar surface area (TPSA) is 39.1 Å². The van der Waals surface area contributed by atoms with Gasteiger partial charge < -0.3 is 4.23 Å². The summed E-state index contributed by atoms with van der Waals surface area (Å²) < 4.78 is 25.9. The number of fused-ring (bicyclic) bond motifs is 1. The zero-order valence-electron chi connectivity index (χ0n) is 15.6. The Balaban J connectivity index is 2.86. The summed E-state index contributed by atoms with van der Waals surface area (Å²) in [6.07, 6.45) is 2.22. The fraction of sp³-hybridized carbons (Fsp3) is 0.556. The van der Waals surface area contributed by atoms with Crippen molar-refractivity contribution in [1.82, 2.24) is 4.23 Å². The minimum absolute atomic E-state index is 0.170. The van der Waals surface area contributed by atoms with Gasteiger partial charge in [0.15, 0.2) is 8.24 Å². The highest BCUT2D eigenvalue weighted by molar-refractivity contribution is 8.13. The molecule has 0 atom stereocenters. The molecule has 0 unspecified atom stereocenters. The van der Waals surface area contributed by atoms with Crippen LogP contribution < -0.4 is 0 Å². The Morgan fingerprint density at radius 1 is 1.00 bits per heavy atom. The third-order valence-electron chi connectivity index (χ3n) is 5.45. The van der Waals surface area contributed by atoms with Crippen molar-refractivity contribution in [3.63, 3.8) is 0 Å². The fourth-order valence-electron chi connectivity index (χ4n) is 4.68. The van der Waals surface area contributed by atoms with Crippen molar-refractivity contribution in [2.75, 3.05) is 0 Å². The number of aryl methyl sites for hydroxylation is 1. The van der Waals surface area contributed by atoms with Crippen LogP contribution in [0.2, 0.25) is 16.6 Å². The number of nitrogens with zero attached hydrogens (tertiary/aromatic N) is 1. The number of hydrogen-bond donors (Lipinski definition) is 0. The lowest BCUT2D eigenvalue weighted by atomic mass is 10.2. The highest BCUT2D eigenvalue weighted by Crippen LogP contribution is 2.45. The zero-order chi connectivity index (χ0) is 18.4. The highest BCUT2D eigenvalue weighted by Gasteiger charge is 2.45. The first-order valence-electron chi connectivity index (χ1n) is 8.50. The monoisotopic (exact) mass is 385 g/mol. The smallest absolute Gasteiger partial charge is 0.261 e. The van der Waals surface area contributed by atoms with Gasteiger partial charge in [-0.1, -0.05) is 41.5 Å². The minimum Gasteiger partial charge on any atom is -0.373 e. The SMILES string of the molecule is Cc1cn([Si](C(C)C)(C(C)C)C(C)C)c2ccc(S(=O)(=O)Cl)cc12. The summed E-state index contributed by atoms with van der Waals surface area (Å²) in [5, 5.41) is 0.982. The molecule has 0 radical (unpaired) electrons. The molecule has 3 nitrogen and oxygen atoms in total. The van der Waals surface area contributed by atoms with E-state index in [2.05, 4.69) is 52.0 Å². The summed E-state index contributed by atoms with van der Waals surface area (Å²) in [4.78, 5) is 0.170. The van der Waals surface area contributed by atoms with Gasteiger partial charge in [-0.05, 0) is 53.5 Å². The largest absolute Gasteiger partial charge is 0.373 e. The van der Waals surface area contributed by atoms with E-state index in [9.17, 15) is 8.42 Å². The standard InChI is InChI=1S/C18H28ClNO2SSi/c1-12(2)24(13(3)4,14(5)6)20-11-15(7)17-10-16(23(19,21)22)8-9-18(17)20/h8-14H,1-7H3. The van der Waals surface area contributed by atoms with Crippen LogP contribution in [0.3, 0.4) is 0 Å². The first-order chi connectivity index (χ1) is 10.9. The Kier molecular flexibility index (Phi) is 5.29. The Bertz CT molecular complexity index is 831. The third-order valence-corrected chi connectivity index (χ3v) is 13.6. The van der Waals surface area contributed by atoms with Crippen molar-refractivity contribution < 1.29 is 8.42 Å². The molecule has 0 aliphatic carbocycles. The lowest BCUT2D eigenvalue weighted by Gasteiger charge is -2.44. The van der Waals surface area contributed by atoms with E-state index < -0.39 is 17.3 Å². The van der Waals surface area contributed by atoms with Crippen LogP contribution in [0.5, 0.6) is 0 Å². The summed E-state index contributed by atoms with van der Waals surface area (Å²) in [6.45, 7) is 16.0. The summed E-state index contributed by atoms with van der Waals surface area (Å²) in [7, 11) is -0.0548. The second-order valence-electron chi connectivity index (χ2n) is 7.65. The molecule has 1 heterocycles. The second-order valence-corrected chi connectivity index (χ2v) is 15.9. The van der Waals surface area contributed by atoms with Gasteiger partial charge in [0.1, 0.15) is 0 Å². The molecule has 1 aromatic heterocycles. The average Bonchev–Trinajstić information content (AvgIpc) is 2.74. The molecule has 0 fully saturated rings. The number of aromatic nitrogens is 1. The molecule has 2 rings (SSSR count). The van der Waals surface area contributed by atoms with Gasteiger partial charge in [-0.15, -0.1) is 0 Å². The quantitative estimate of drug-likeness (QED) is 0.474. The molecule has 134 valence electrons. The summed E-state index contributed by atoms with van der Waals surface area (Å²) in [5.41, 5.74) is 3.95. The maximum absolute atomic E-state index is 11.7. The molecule has 0 aliphatic heterocycles. The summed E-state index contributed by atoms with van der Waals surface area (Å²) >= 11 is 0. The molecule has 0 amide bonds. The number of benzene rings is 1. The van der Waals surface area contributed by atoms with Crippen molar-refractivity contribution in [1.29, 1.82) is 0 Å². The van der Waals surface area contributed by atoms with E-state index in [1.807, 2.05) is 13.0 Å². The lowest BCUT2D eigenvalue weighted by molar-refractivity contribution is 0.609. The van der Waals surface area contributed by atoms with Crippen LogP contribution in [-0.2, 0) is 9.05 Å². The first-order valence-corrected chi connectivity index (χ1v) is 13.0. The van der Waals surface area contributed by atoms with Gasteiger partial charge in [0.05, 0.1) is 4.90 Å². The number of hydrogen-bond acceptors (Lipinski definition) is 2. The first kappa shape index (κ1) is 19.5. The van der Waals surface area contributed by atoms with Crippen LogP contribution in [0.4, 0.5) is 0 Å². The highest BCUT2D eigenvalue weighted by atomic mass is 35.7. The predicted octanol–water partition coefficient (Wildman–Crippen LogP) is 5.90. The van der Waals surface area contributed by atoms with E-state index >= 15 is 0 Å². The minimum atomic E-state index is -3.71. The predicted molar refractivity (Wildman–Crippen MR) is 106 cm³/mol. The van der Waals surface area contributed by atoms with E-state index in [4.69, 9.17) is 10.7 Å². The van der Waals surface area contributed by atoms with Gasteiger partial charge in [0, 0.05) is 21.6 Å². The fourth-order valence-corrected chi connectivity index (χ4v) is 12.2. The molecule has 6 heteroatoms. The zero-order valence-corrected chi connectivity index (χ0v) is 18.2.